The SMILES string of the molecule is Cc1cc([B-](F)(F)F)n(C)n1. The topological polar surface area (TPSA) is 17.8 Å². The minimum Gasteiger partial charge on any atom is -0.444 e. The molecule has 0 aliphatic heterocycles. The number of aryl methyl sites for hydroxylation is 2. The number of hydrogen-bond donors (Lipinski definition) is 0. The van der Waals surface area contributed by atoms with Crippen LogP contribution in [0.4, 0.5) is 12.9 Å². The van der Waals surface area contributed by atoms with Crippen LogP contribution in [0.25, 0.3) is 0 Å². The highest BCUT2D eigenvalue weighted by Gasteiger charge is 2.29. The summed E-state index contributed by atoms with van der Waals surface area (Å²) in [5, 5.41) is 3.59. The Kier molecular flexibility index (Phi) is 1.70. The van der Waals surface area contributed by atoms with Gasteiger partial charge in [-0.1, -0.05) is 0 Å². The van der Waals surface area contributed by atoms with Gasteiger partial charge in [0.1, 0.15) is 0 Å². The lowest BCUT2D eigenvalue weighted by molar-refractivity contribution is 0.493. The third-order valence-electron chi connectivity index (χ3n) is 1.37. The predicted octanol–water partition coefficient (Wildman–Crippen LogP) is 0.783. The minimum atomic E-state index is -4.91. The van der Waals surface area contributed by atoms with Gasteiger partial charge in [0.2, 0.25) is 0 Å². The van der Waals surface area contributed by atoms with Crippen LogP contribution >= 0.6 is 0 Å². The van der Waals surface area contributed by atoms with Crippen molar-refractivity contribution >= 4 is 12.6 Å². The maximum Gasteiger partial charge on any atom is 0.527 e. The Morgan fingerprint density at radius 1 is 1.45 bits per heavy atom. The van der Waals surface area contributed by atoms with Crippen molar-refractivity contribution in [1.29, 1.82) is 0 Å². The molecule has 0 radical (unpaired) electrons. The van der Waals surface area contributed by atoms with Gasteiger partial charge < -0.3 is 17.6 Å². The molecule has 0 atom stereocenters. The molecule has 0 N–H and O–H groups in total. The maximum absolute atomic E-state index is 12.1. The molecule has 1 heterocycles. The van der Waals surface area contributed by atoms with Crippen molar-refractivity contribution < 1.29 is 12.9 Å². The van der Waals surface area contributed by atoms with E-state index in [9.17, 15) is 12.9 Å². The first-order valence-electron chi connectivity index (χ1n) is 3.12. The normalized spacial score (nSPS) is 12.1. The molecule has 0 spiro atoms. The minimum absolute atomic E-state index is 0.390. The zero-order chi connectivity index (χ0) is 8.65. The molecule has 2 nitrogen and oxygen atoms in total. The van der Waals surface area contributed by atoms with Crippen LogP contribution in [0.1, 0.15) is 5.69 Å². The van der Waals surface area contributed by atoms with Gasteiger partial charge in [0.15, 0.2) is 0 Å². The van der Waals surface area contributed by atoms with Gasteiger partial charge in [0.05, 0.1) is 5.69 Å². The molecule has 6 heteroatoms. The number of aromatic nitrogens is 2. The van der Waals surface area contributed by atoms with Crippen LogP contribution in [-0.2, 0) is 7.05 Å². The van der Waals surface area contributed by atoms with Crippen molar-refractivity contribution in [3.8, 4) is 0 Å². The van der Waals surface area contributed by atoms with E-state index >= 15 is 0 Å². The van der Waals surface area contributed by atoms with Crippen LogP contribution in [0.3, 0.4) is 0 Å². The Morgan fingerprint density at radius 2 is 2.00 bits per heavy atom. The predicted molar refractivity (Wildman–Crippen MR) is 36.7 cm³/mol. The van der Waals surface area contributed by atoms with Gasteiger partial charge in [-0.2, -0.15) is 5.10 Å². The molecule has 0 saturated heterocycles. The van der Waals surface area contributed by atoms with Crippen molar-refractivity contribution in [2.24, 2.45) is 7.05 Å². The molecule has 0 aliphatic carbocycles. The van der Waals surface area contributed by atoms with Crippen molar-refractivity contribution in [3.63, 3.8) is 0 Å². The average molecular weight is 163 g/mol. The molecule has 11 heavy (non-hydrogen) atoms. The first-order valence-corrected chi connectivity index (χ1v) is 3.12. The zero-order valence-electron chi connectivity index (χ0n) is 6.18. The lowest BCUT2D eigenvalue weighted by atomic mass is 9.86. The second-order valence-electron chi connectivity index (χ2n) is 2.41. The van der Waals surface area contributed by atoms with Crippen LogP contribution < -0.4 is 5.59 Å². The van der Waals surface area contributed by atoms with Gasteiger partial charge in [0.25, 0.3) is 0 Å². The van der Waals surface area contributed by atoms with E-state index in [0.29, 0.717) is 5.69 Å². The highest BCUT2D eigenvalue weighted by atomic mass is 19.4. The molecular weight excluding hydrogens is 156 g/mol. The van der Waals surface area contributed by atoms with E-state index in [2.05, 4.69) is 5.10 Å². The first kappa shape index (κ1) is 8.16. The second-order valence-corrected chi connectivity index (χ2v) is 2.41. The molecule has 0 fully saturated rings. The monoisotopic (exact) mass is 163 g/mol. The Balaban J connectivity index is 3.13. The van der Waals surface area contributed by atoms with E-state index in [0.717, 1.165) is 10.7 Å². The first-order chi connectivity index (χ1) is 4.91. The number of halogens is 3. The highest BCUT2D eigenvalue weighted by molar-refractivity contribution is 6.72. The fraction of sp³-hybridized carbons (Fsp3) is 0.400. The fourth-order valence-corrected chi connectivity index (χ4v) is 0.937. The lowest BCUT2D eigenvalue weighted by Gasteiger charge is -2.13. The number of rotatable bonds is 1. The Morgan fingerprint density at radius 3 is 2.18 bits per heavy atom. The van der Waals surface area contributed by atoms with Crippen LogP contribution in [0.5, 0.6) is 0 Å². The summed E-state index contributed by atoms with van der Waals surface area (Å²) in [4.78, 5) is 0. The fourth-order valence-electron chi connectivity index (χ4n) is 0.937. The molecule has 1 aromatic heterocycles. The van der Waals surface area contributed by atoms with Gasteiger partial charge in [-0.15, -0.1) is 0 Å². The summed E-state index contributed by atoms with van der Waals surface area (Å²) < 4.78 is 37.0. The Bertz CT molecular complexity index is 265. The van der Waals surface area contributed by atoms with Crippen molar-refractivity contribution in [2.45, 2.75) is 6.92 Å². The van der Waals surface area contributed by atoms with Gasteiger partial charge in [-0.3, -0.25) is 0 Å². The van der Waals surface area contributed by atoms with Crippen LogP contribution in [-0.4, -0.2) is 16.8 Å². The van der Waals surface area contributed by atoms with Crippen LogP contribution in [0.15, 0.2) is 6.07 Å². The second kappa shape index (κ2) is 2.28. The van der Waals surface area contributed by atoms with Gasteiger partial charge >= 0.3 is 6.98 Å². The summed E-state index contributed by atoms with van der Waals surface area (Å²) in [6.07, 6.45) is 0. The highest BCUT2D eigenvalue weighted by Crippen LogP contribution is 2.08. The van der Waals surface area contributed by atoms with Crippen LogP contribution in [0, 0.1) is 6.92 Å². The van der Waals surface area contributed by atoms with Gasteiger partial charge in [-0.05, 0) is 18.6 Å². The Labute approximate surface area is 62.1 Å². The summed E-state index contributed by atoms with van der Waals surface area (Å²) in [5.41, 5.74) is -0.260. The summed E-state index contributed by atoms with van der Waals surface area (Å²) >= 11 is 0. The molecule has 0 amide bonds. The molecule has 0 aromatic carbocycles. The van der Waals surface area contributed by atoms with Gasteiger partial charge in [-0.25, -0.2) is 0 Å². The quantitative estimate of drug-likeness (QED) is 0.559. The summed E-state index contributed by atoms with van der Waals surface area (Å²) in [5.74, 6) is 0. The standard InChI is InChI=1S/C5H7BF3N2/c1-4-3-5(6(7,8)9)11(2)10-4/h3H,1-2H3/q-1. The molecule has 0 unspecified atom stereocenters. The average Bonchev–Trinajstić information content (AvgIpc) is 2.08. The van der Waals surface area contributed by atoms with E-state index in [1.54, 1.807) is 0 Å². The largest absolute Gasteiger partial charge is 0.527 e. The summed E-state index contributed by atoms with van der Waals surface area (Å²) in [6, 6.07) is 1.04. The van der Waals surface area contributed by atoms with Crippen molar-refractivity contribution in [1.82, 2.24) is 9.78 Å². The lowest BCUT2D eigenvalue weighted by Crippen LogP contribution is -2.39. The van der Waals surface area contributed by atoms with E-state index in [1.807, 2.05) is 0 Å². The van der Waals surface area contributed by atoms with Crippen molar-refractivity contribution in [3.05, 3.63) is 11.8 Å². The summed E-state index contributed by atoms with van der Waals surface area (Å²) in [7, 11) is 1.29. The third kappa shape index (κ3) is 1.55. The molecule has 1 rings (SSSR count). The Hall–Kier alpha value is -0.935. The molecule has 0 bridgehead atoms. The summed E-state index contributed by atoms with van der Waals surface area (Å²) in [6.45, 7) is -3.38. The van der Waals surface area contributed by atoms with E-state index < -0.39 is 12.6 Å². The van der Waals surface area contributed by atoms with Gasteiger partial charge in [0, 0.05) is 7.05 Å². The molecule has 62 valence electrons. The number of nitrogens with zero attached hydrogens (tertiary/aromatic N) is 2. The van der Waals surface area contributed by atoms with Crippen LogP contribution in [0.2, 0.25) is 0 Å². The van der Waals surface area contributed by atoms with E-state index in [4.69, 9.17) is 0 Å². The molecule has 0 aliphatic rings. The zero-order valence-corrected chi connectivity index (χ0v) is 6.18. The maximum atomic E-state index is 12.1. The molecular formula is C5H7BF3N2-. The number of hydrogen-bond acceptors (Lipinski definition) is 1. The molecule has 1 aromatic rings. The third-order valence-corrected chi connectivity index (χ3v) is 1.37. The van der Waals surface area contributed by atoms with Crippen molar-refractivity contribution in [2.75, 3.05) is 0 Å². The van der Waals surface area contributed by atoms with E-state index in [1.165, 1.54) is 14.0 Å². The molecule has 0 saturated carbocycles. The van der Waals surface area contributed by atoms with E-state index in [-0.39, 0.29) is 0 Å². The smallest absolute Gasteiger partial charge is 0.444 e.